The van der Waals surface area contributed by atoms with E-state index in [1.54, 1.807) is 17.1 Å². The molecule has 0 aliphatic heterocycles. The quantitative estimate of drug-likeness (QED) is 0.932. The highest BCUT2D eigenvalue weighted by Crippen LogP contribution is 2.28. The Hall–Kier alpha value is -1.95. The van der Waals surface area contributed by atoms with Crippen molar-refractivity contribution in [3.05, 3.63) is 40.7 Å². The highest BCUT2D eigenvalue weighted by molar-refractivity contribution is 6.30. The number of rotatable bonds is 4. The first kappa shape index (κ1) is 15.9. The molecule has 2 aromatic rings. The van der Waals surface area contributed by atoms with Gasteiger partial charge in [-0.15, -0.1) is 0 Å². The lowest BCUT2D eigenvalue weighted by molar-refractivity contribution is -0.125. The van der Waals surface area contributed by atoms with E-state index in [0.717, 1.165) is 36.3 Å². The van der Waals surface area contributed by atoms with E-state index in [9.17, 15) is 4.79 Å². The Labute approximate surface area is 140 Å². The molecular formula is C16H20ClN5O. The third-order valence-corrected chi connectivity index (χ3v) is 4.32. The predicted octanol–water partition coefficient (Wildman–Crippen LogP) is 2.46. The van der Waals surface area contributed by atoms with Crippen LogP contribution in [-0.4, -0.2) is 25.7 Å². The lowest BCUT2D eigenvalue weighted by Crippen LogP contribution is -2.36. The van der Waals surface area contributed by atoms with Crippen molar-refractivity contribution in [2.24, 2.45) is 5.92 Å². The minimum atomic E-state index is -0.192. The molecule has 0 aromatic carbocycles. The Kier molecular flexibility index (Phi) is 4.61. The first-order valence-electron chi connectivity index (χ1n) is 7.83. The molecule has 1 amide bonds. The lowest BCUT2D eigenvalue weighted by atomic mass is 9.92. The van der Waals surface area contributed by atoms with Crippen LogP contribution in [0.3, 0.4) is 0 Å². The van der Waals surface area contributed by atoms with E-state index < -0.39 is 0 Å². The molecule has 1 aliphatic rings. The van der Waals surface area contributed by atoms with Crippen molar-refractivity contribution < 1.29 is 4.79 Å². The van der Waals surface area contributed by atoms with Gasteiger partial charge in [0, 0.05) is 23.7 Å². The van der Waals surface area contributed by atoms with Crippen LogP contribution in [0, 0.1) is 12.8 Å². The number of amides is 1. The van der Waals surface area contributed by atoms with E-state index in [0.29, 0.717) is 11.6 Å². The molecular weight excluding hydrogens is 314 g/mol. The van der Waals surface area contributed by atoms with E-state index in [1.807, 2.05) is 20.0 Å². The standard InChI is InChI=1S/C16H20ClN5O/c1-10(8-22-9-12(17)6-19-22)16(23)21-15-5-3-4-14-13(15)7-18-11(2)20-14/h6-7,9-10,15H,3-5,8H2,1-2H3,(H,21,23). The fourth-order valence-electron chi connectivity index (χ4n) is 2.91. The van der Waals surface area contributed by atoms with Gasteiger partial charge in [-0.3, -0.25) is 9.48 Å². The van der Waals surface area contributed by atoms with E-state index in [-0.39, 0.29) is 17.9 Å². The Morgan fingerprint density at radius 3 is 3.09 bits per heavy atom. The maximum absolute atomic E-state index is 12.5. The number of carbonyl (C=O) groups excluding carboxylic acids is 1. The summed E-state index contributed by atoms with van der Waals surface area (Å²) in [5, 5.41) is 7.82. The Bertz CT molecular complexity index is 714. The van der Waals surface area contributed by atoms with Gasteiger partial charge in [0.25, 0.3) is 0 Å². The molecule has 1 aliphatic carbocycles. The van der Waals surface area contributed by atoms with Crippen molar-refractivity contribution >= 4 is 17.5 Å². The average Bonchev–Trinajstić information content (AvgIpc) is 2.92. The van der Waals surface area contributed by atoms with Crippen molar-refractivity contribution in [1.82, 2.24) is 25.1 Å². The van der Waals surface area contributed by atoms with Crippen molar-refractivity contribution in [2.75, 3.05) is 0 Å². The van der Waals surface area contributed by atoms with Crippen LogP contribution in [0.1, 0.15) is 42.9 Å². The molecule has 2 unspecified atom stereocenters. The summed E-state index contributed by atoms with van der Waals surface area (Å²) < 4.78 is 1.69. The Morgan fingerprint density at radius 2 is 2.35 bits per heavy atom. The van der Waals surface area contributed by atoms with Crippen LogP contribution in [0.4, 0.5) is 0 Å². The van der Waals surface area contributed by atoms with Crippen LogP contribution in [0.25, 0.3) is 0 Å². The summed E-state index contributed by atoms with van der Waals surface area (Å²) >= 11 is 5.85. The summed E-state index contributed by atoms with van der Waals surface area (Å²) in [7, 11) is 0. The minimum Gasteiger partial charge on any atom is -0.349 e. The molecule has 23 heavy (non-hydrogen) atoms. The molecule has 3 rings (SSSR count). The molecule has 7 heteroatoms. The average molecular weight is 334 g/mol. The van der Waals surface area contributed by atoms with Crippen molar-refractivity contribution in [3.8, 4) is 0 Å². The molecule has 122 valence electrons. The zero-order valence-electron chi connectivity index (χ0n) is 13.3. The first-order valence-corrected chi connectivity index (χ1v) is 8.21. The van der Waals surface area contributed by atoms with Crippen LogP contribution in [0.5, 0.6) is 0 Å². The lowest BCUT2D eigenvalue weighted by Gasteiger charge is -2.26. The van der Waals surface area contributed by atoms with Gasteiger partial charge in [0.15, 0.2) is 0 Å². The van der Waals surface area contributed by atoms with Crippen molar-refractivity contribution in [3.63, 3.8) is 0 Å². The van der Waals surface area contributed by atoms with Crippen LogP contribution < -0.4 is 5.32 Å². The maximum Gasteiger partial charge on any atom is 0.225 e. The number of aryl methyl sites for hydroxylation is 2. The second kappa shape index (κ2) is 6.66. The summed E-state index contributed by atoms with van der Waals surface area (Å²) in [6.07, 6.45) is 8.04. The molecule has 0 fully saturated rings. The summed E-state index contributed by atoms with van der Waals surface area (Å²) in [4.78, 5) is 21.2. The summed E-state index contributed by atoms with van der Waals surface area (Å²) in [5.41, 5.74) is 2.10. The fourth-order valence-corrected chi connectivity index (χ4v) is 3.07. The van der Waals surface area contributed by atoms with E-state index in [2.05, 4.69) is 20.4 Å². The number of nitrogens with zero attached hydrogens (tertiary/aromatic N) is 4. The van der Waals surface area contributed by atoms with E-state index in [1.165, 1.54) is 0 Å². The Balaban J connectivity index is 1.66. The van der Waals surface area contributed by atoms with Gasteiger partial charge < -0.3 is 5.32 Å². The second-order valence-corrected chi connectivity index (χ2v) is 6.49. The normalized spacial score (nSPS) is 18.3. The van der Waals surface area contributed by atoms with Crippen LogP contribution in [0.2, 0.25) is 5.02 Å². The number of hydrogen-bond donors (Lipinski definition) is 1. The highest BCUT2D eigenvalue weighted by atomic mass is 35.5. The monoisotopic (exact) mass is 333 g/mol. The molecule has 0 saturated heterocycles. The number of fused-ring (bicyclic) bond motifs is 1. The summed E-state index contributed by atoms with van der Waals surface area (Å²) in [5.74, 6) is 0.595. The number of hydrogen-bond acceptors (Lipinski definition) is 4. The molecule has 0 spiro atoms. The van der Waals surface area contributed by atoms with Crippen LogP contribution in [-0.2, 0) is 17.8 Å². The Morgan fingerprint density at radius 1 is 1.52 bits per heavy atom. The zero-order chi connectivity index (χ0) is 16.4. The van der Waals surface area contributed by atoms with Gasteiger partial charge in [0.05, 0.1) is 29.7 Å². The molecule has 2 aromatic heterocycles. The number of aromatic nitrogens is 4. The third kappa shape index (κ3) is 3.69. The van der Waals surface area contributed by atoms with E-state index in [4.69, 9.17) is 11.6 Å². The first-order chi connectivity index (χ1) is 11.0. The molecule has 6 nitrogen and oxygen atoms in total. The molecule has 1 N–H and O–H groups in total. The molecule has 0 bridgehead atoms. The molecule has 0 radical (unpaired) electrons. The van der Waals surface area contributed by atoms with Crippen molar-refractivity contribution in [1.29, 1.82) is 0 Å². The molecule has 0 saturated carbocycles. The highest BCUT2D eigenvalue weighted by Gasteiger charge is 2.25. The van der Waals surface area contributed by atoms with Gasteiger partial charge in [0.2, 0.25) is 5.91 Å². The molecule has 2 atom stereocenters. The van der Waals surface area contributed by atoms with Gasteiger partial charge in [-0.25, -0.2) is 9.97 Å². The maximum atomic E-state index is 12.5. The van der Waals surface area contributed by atoms with Gasteiger partial charge in [-0.05, 0) is 26.2 Å². The number of nitrogens with one attached hydrogen (secondary N) is 1. The second-order valence-electron chi connectivity index (χ2n) is 6.05. The predicted molar refractivity (Wildman–Crippen MR) is 87.0 cm³/mol. The topological polar surface area (TPSA) is 72.7 Å². The SMILES string of the molecule is Cc1ncc2c(n1)CCCC2NC(=O)C(C)Cn1cc(Cl)cn1. The van der Waals surface area contributed by atoms with Crippen LogP contribution in [0.15, 0.2) is 18.6 Å². The molecule has 2 heterocycles. The fraction of sp³-hybridized carbons (Fsp3) is 0.500. The summed E-state index contributed by atoms with van der Waals surface area (Å²) in [6.45, 7) is 4.28. The van der Waals surface area contributed by atoms with Gasteiger partial charge in [0.1, 0.15) is 5.82 Å². The number of carbonyl (C=O) groups is 1. The minimum absolute atomic E-state index is 0.00416. The zero-order valence-corrected chi connectivity index (χ0v) is 14.0. The summed E-state index contributed by atoms with van der Waals surface area (Å²) in [6, 6.07) is -0.00416. The van der Waals surface area contributed by atoms with Gasteiger partial charge in [-0.1, -0.05) is 18.5 Å². The number of halogens is 1. The smallest absolute Gasteiger partial charge is 0.225 e. The largest absolute Gasteiger partial charge is 0.349 e. The van der Waals surface area contributed by atoms with Crippen LogP contribution >= 0.6 is 11.6 Å². The van der Waals surface area contributed by atoms with E-state index >= 15 is 0 Å². The van der Waals surface area contributed by atoms with Gasteiger partial charge >= 0.3 is 0 Å². The van der Waals surface area contributed by atoms with Crippen molar-refractivity contribution in [2.45, 2.75) is 45.7 Å². The van der Waals surface area contributed by atoms with Gasteiger partial charge in [-0.2, -0.15) is 5.10 Å². The third-order valence-electron chi connectivity index (χ3n) is 4.13.